The van der Waals surface area contributed by atoms with Crippen LogP contribution in [-0.4, -0.2) is 21.9 Å². The molecule has 5 nitrogen and oxygen atoms in total. The topological polar surface area (TPSA) is 51.1 Å². The first-order valence-corrected chi connectivity index (χ1v) is 6.77. The summed E-state index contributed by atoms with van der Waals surface area (Å²) in [4.78, 5) is 0. The largest absolute Gasteiger partial charge is 0.471 e. The van der Waals surface area contributed by atoms with Crippen LogP contribution in [0.25, 0.3) is 0 Å². The molecule has 0 aliphatic heterocycles. The lowest BCUT2D eigenvalue weighted by molar-refractivity contribution is 0.221. The Morgan fingerprint density at radius 1 is 1.42 bits per heavy atom. The summed E-state index contributed by atoms with van der Waals surface area (Å²) in [6, 6.07) is 7.64. The van der Waals surface area contributed by atoms with Crippen molar-refractivity contribution in [1.29, 1.82) is 0 Å². The van der Waals surface area contributed by atoms with Crippen LogP contribution in [0.2, 0.25) is 0 Å². The molecule has 100 valence electrons. The summed E-state index contributed by atoms with van der Waals surface area (Å²) in [5.74, 6) is 0.791. The lowest BCUT2D eigenvalue weighted by Crippen LogP contribution is -2.23. The molecule has 2 N–H and O–H groups in total. The third kappa shape index (κ3) is 4.22. The SMILES string of the molecule is CNC(=S)Nc1cnn(COc2ccc(Br)cc2)c1. The highest BCUT2D eigenvalue weighted by molar-refractivity contribution is 9.10. The molecule has 0 saturated carbocycles. The van der Waals surface area contributed by atoms with E-state index in [1.165, 1.54) is 0 Å². The molecule has 0 radical (unpaired) electrons. The van der Waals surface area contributed by atoms with Crippen molar-refractivity contribution < 1.29 is 4.74 Å². The van der Waals surface area contributed by atoms with Crippen LogP contribution in [0, 0.1) is 0 Å². The summed E-state index contributed by atoms with van der Waals surface area (Å²) in [7, 11) is 1.76. The fraction of sp³-hybridized carbons (Fsp3) is 0.167. The molecule has 0 unspecified atom stereocenters. The van der Waals surface area contributed by atoms with Crippen LogP contribution in [0.4, 0.5) is 5.69 Å². The number of nitrogens with one attached hydrogen (secondary N) is 2. The van der Waals surface area contributed by atoms with Crippen molar-refractivity contribution in [1.82, 2.24) is 15.1 Å². The van der Waals surface area contributed by atoms with Crippen molar-refractivity contribution in [2.45, 2.75) is 6.73 Å². The first-order valence-electron chi connectivity index (χ1n) is 5.57. The Hall–Kier alpha value is -1.60. The van der Waals surface area contributed by atoms with E-state index in [0.29, 0.717) is 11.8 Å². The van der Waals surface area contributed by atoms with Crippen LogP contribution < -0.4 is 15.4 Å². The molecule has 0 amide bonds. The molecule has 0 aliphatic carbocycles. The second-order valence-corrected chi connectivity index (χ2v) is 5.02. The molecule has 2 rings (SSSR count). The molecule has 7 heteroatoms. The van der Waals surface area contributed by atoms with Gasteiger partial charge in [-0.25, -0.2) is 4.68 Å². The number of thiocarbonyl (C=S) groups is 1. The van der Waals surface area contributed by atoms with E-state index in [0.717, 1.165) is 15.9 Å². The zero-order valence-electron chi connectivity index (χ0n) is 10.3. The van der Waals surface area contributed by atoms with E-state index in [4.69, 9.17) is 17.0 Å². The number of rotatable bonds is 4. The molecule has 0 spiro atoms. The van der Waals surface area contributed by atoms with Gasteiger partial charge in [0, 0.05) is 11.5 Å². The maximum atomic E-state index is 5.60. The molecule has 0 bridgehead atoms. The summed E-state index contributed by atoms with van der Waals surface area (Å²) in [6.07, 6.45) is 3.51. The van der Waals surface area contributed by atoms with Crippen molar-refractivity contribution >= 4 is 38.9 Å². The Bertz CT molecular complexity index is 555. The quantitative estimate of drug-likeness (QED) is 0.838. The summed E-state index contributed by atoms with van der Waals surface area (Å²) in [6.45, 7) is 0.343. The van der Waals surface area contributed by atoms with Crippen LogP contribution >= 0.6 is 28.1 Å². The number of anilines is 1. The Morgan fingerprint density at radius 2 is 2.16 bits per heavy atom. The average Bonchev–Trinajstić information content (AvgIpc) is 2.85. The second kappa shape index (κ2) is 6.53. The predicted molar refractivity (Wildman–Crippen MR) is 82.3 cm³/mol. The van der Waals surface area contributed by atoms with Crippen molar-refractivity contribution in [3.63, 3.8) is 0 Å². The van der Waals surface area contributed by atoms with Crippen molar-refractivity contribution in [2.75, 3.05) is 12.4 Å². The lowest BCUT2D eigenvalue weighted by Gasteiger charge is -2.06. The van der Waals surface area contributed by atoms with Crippen LogP contribution in [-0.2, 0) is 6.73 Å². The maximum Gasteiger partial charge on any atom is 0.180 e. The van der Waals surface area contributed by atoms with Gasteiger partial charge >= 0.3 is 0 Å². The molecular weight excluding hydrogens is 328 g/mol. The number of nitrogens with zero attached hydrogens (tertiary/aromatic N) is 2. The van der Waals surface area contributed by atoms with E-state index in [9.17, 15) is 0 Å². The van der Waals surface area contributed by atoms with Gasteiger partial charge < -0.3 is 15.4 Å². The highest BCUT2D eigenvalue weighted by atomic mass is 79.9. The van der Waals surface area contributed by atoms with E-state index in [-0.39, 0.29) is 0 Å². The highest BCUT2D eigenvalue weighted by Crippen LogP contribution is 2.16. The minimum absolute atomic E-state index is 0.343. The van der Waals surface area contributed by atoms with Crippen LogP contribution in [0.1, 0.15) is 0 Å². The van der Waals surface area contributed by atoms with Crippen molar-refractivity contribution in [3.8, 4) is 5.75 Å². The summed E-state index contributed by atoms with van der Waals surface area (Å²) in [5.41, 5.74) is 0.818. The zero-order chi connectivity index (χ0) is 13.7. The number of ether oxygens (including phenoxy) is 1. The molecule has 0 aliphatic rings. The maximum absolute atomic E-state index is 5.60. The minimum Gasteiger partial charge on any atom is -0.471 e. The molecule has 0 saturated heterocycles. The van der Waals surface area contributed by atoms with Crippen LogP contribution in [0.3, 0.4) is 0 Å². The molecule has 2 aromatic rings. The molecule has 1 aromatic heterocycles. The van der Waals surface area contributed by atoms with Gasteiger partial charge in [-0.15, -0.1) is 0 Å². The van der Waals surface area contributed by atoms with Crippen molar-refractivity contribution in [2.24, 2.45) is 0 Å². The predicted octanol–water partition coefficient (Wildman–Crippen LogP) is 2.60. The highest BCUT2D eigenvalue weighted by Gasteiger charge is 2.00. The molecule has 1 heterocycles. The minimum atomic E-state index is 0.343. The lowest BCUT2D eigenvalue weighted by atomic mass is 10.3. The number of hydrogen-bond donors (Lipinski definition) is 2. The number of halogens is 1. The Balaban J connectivity index is 1.89. The van der Waals surface area contributed by atoms with E-state index in [2.05, 4.69) is 31.7 Å². The van der Waals surface area contributed by atoms with E-state index in [1.54, 1.807) is 17.9 Å². The van der Waals surface area contributed by atoms with Gasteiger partial charge in [-0.3, -0.25) is 0 Å². The van der Waals surface area contributed by atoms with Gasteiger partial charge in [0.2, 0.25) is 0 Å². The third-order valence-electron chi connectivity index (χ3n) is 2.30. The second-order valence-electron chi connectivity index (χ2n) is 3.70. The van der Waals surface area contributed by atoms with Gasteiger partial charge in [-0.05, 0) is 36.5 Å². The van der Waals surface area contributed by atoms with E-state index < -0.39 is 0 Å². The normalized spacial score (nSPS) is 10.0. The fourth-order valence-electron chi connectivity index (χ4n) is 1.36. The third-order valence-corrected chi connectivity index (χ3v) is 3.13. The van der Waals surface area contributed by atoms with Crippen LogP contribution in [0.5, 0.6) is 5.75 Å². The van der Waals surface area contributed by atoms with Gasteiger partial charge in [-0.2, -0.15) is 5.10 Å². The summed E-state index contributed by atoms with van der Waals surface area (Å²) >= 11 is 8.38. The Labute approximate surface area is 125 Å². The summed E-state index contributed by atoms with van der Waals surface area (Å²) in [5, 5.41) is 10.5. The monoisotopic (exact) mass is 340 g/mol. The molecule has 1 aromatic carbocycles. The standard InChI is InChI=1S/C12H13BrN4OS/c1-14-12(19)16-10-6-15-17(7-10)8-18-11-4-2-9(13)3-5-11/h2-7H,8H2,1H3,(H2,14,16,19). The molecule has 19 heavy (non-hydrogen) atoms. The van der Waals surface area contributed by atoms with E-state index >= 15 is 0 Å². The molecular formula is C12H13BrN4OS. The van der Waals surface area contributed by atoms with E-state index in [1.807, 2.05) is 30.5 Å². The number of hydrogen-bond acceptors (Lipinski definition) is 3. The fourth-order valence-corrected chi connectivity index (χ4v) is 1.75. The molecule has 0 atom stereocenters. The Morgan fingerprint density at radius 3 is 2.84 bits per heavy atom. The van der Waals surface area contributed by atoms with Gasteiger partial charge in [-0.1, -0.05) is 15.9 Å². The average molecular weight is 341 g/mol. The van der Waals surface area contributed by atoms with Crippen LogP contribution in [0.15, 0.2) is 41.1 Å². The van der Waals surface area contributed by atoms with Gasteiger partial charge in [0.05, 0.1) is 18.1 Å². The van der Waals surface area contributed by atoms with Crippen molar-refractivity contribution in [3.05, 3.63) is 41.1 Å². The summed E-state index contributed by atoms with van der Waals surface area (Å²) < 4.78 is 8.30. The first kappa shape index (κ1) is 13.8. The number of aromatic nitrogens is 2. The first-order chi connectivity index (χ1) is 9.17. The molecule has 0 fully saturated rings. The number of benzene rings is 1. The zero-order valence-corrected chi connectivity index (χ0v) is 12.7. The van der Waals surface area contributed by atoms with Gasteiger partial charge in [0.15, 0.2) is 11.8 Å². The Kier molecular flexibility index (Phi) is 4.75. The van der Waals surface area contributed by atoms with Gasteiger partial charge in [0.1, 0.15) is 5.75 Å². The smallest absolute Gasteiger partial charge is 0.180 e. The van der Waals surface area contributed by atoms with Gasteiger partial charge in [0.25, 0.3) is 0 Å².